The Morgan fingerprint density at radius 1 is 0.129 bits per heavy atom. The second-order valence-electron chi connectivity index (χ2n) is 22.5. The number of fused-ring (bicyclic) bond motifs is 10. The maximum absolute atomic E-state index is 2.58. The zero-order valence-corrected chi connectivity index (χ0v) is 46.8. The normalized spacial score (nSPS) is 12.3. The first kappa shape index (κ1) is 49.9. The van der Waals surface area contributed by atoms with Crippen molar-refractivity contribution in [3.8, 4) is 134 Å². The Hall–Kier alpha value is -10.9. The van der Waals surface area contributed by atoms with Crippen molar-refractivity contribution in [2.24, 2.45) is 0 Å². The number of benzene rings is 14. The minimum absolute atomic E-state index is 0.660. The minimum atomic E-state index is -0.660. The van der Waals surface area contributed by atoms with Crippen molar-refractivity contribution >= 4 is 0 Å². The van der Waals surface area contributed by atoms with E-state index in [0.29, 0.717) is 0 Å². The van der Waals surface area contributed by atoms with Crippen LogP contribution in [-0.4, -0.2) is 0 Å². The molecule has 0 N–H and O–H groups in total. The van der Waals surface area contributed by atoms with Crippen LogP contribution in [0.15, 0.2) is 340 Å². The third kappa shape index (κ3) is 8.13. The number of hydrogen-bond donors (Lipinski definition) is 0. The minimum Gasteiger partial charge on any atom is -0.0622 e. The van der Waals surface area contributed by atoms with Crippen LogP contribution in [0.2, 0.25) is 0 Å². The molecule has 16 rings (SSSR count). The van der Waals surface area contributed by atoms with Crippen LogP contribution in [0.25, 0.3) is 134 Å². The van der Waals surface area contributed by atoms with Crippen LogP contribution in [0, 0.1) is 0 Å². The summed E-state index contributed by atoms with van der Waals surface area (Å²) >= 11 is 0. The van der Waals surface area contributed by atoms with Crippen molar-refractivity contribution in [2.45, 2.75) is 5.41 Å². The van der Waals surface area contributed by atoms with Crippen molar-refractivity contribution in [3.05, 3.63) is 362 Å². The molecular weight excluding hydrogens is 1020 g/mol. The average Bonchev–Trinajstić information content (AvgIpc) is 1.64. The van der Waals surface area contributed by atoms with E-state index in [0.717, 1.165) is 0 Å². The van der Waals surface area contributed by atoms with Gasteiger partial charge >= 0.3 is 0 Å². The van der Waals surface area contributed by atoms with Gasteiger partial charge in [-0.05, 0) is 180 Å². The lowest BCUT2D eigenvalue weighted by Gasteiger charge is -2.31. The van der Waals surface area contributed by atoms with E-state index in [1.54, 1.807) is 0 Å². The van der Waals surface area contributed by atoms with Crippen molar-refractivity contribution in [3.63, 3.8) is 0 Å². The molecule has 2 aliphatic carbocycles. The van der Waals surface area contributed by atoms with Crippen LogP contribution in [0.4, 0.5) is 0 Å². The quantitative estimate of drug-likeness (QED) is 0.128. The van der Waals surface area contributed by atoms with E-state index < -0.39 is 5.41 Å². The molecule has 0 saturated heterocycles. The summed E-state index contributed by atoms with van der Waals surface area (Å²) in [5.74, 6) is 0. The van der Waals surface area contributed by atoms with E-state index in [2.05, 4.69) is 340 Å². The highest BCUT2D eigenvalue weighted by Gasteiger charge is 2.52. The molecular formula is C85H56. The molecule has 0 radical (unpaired) electrons. The van der Waals surface area contributed by atoms with Gasteiger partial charge < -0.3 is 0 Å². The molecule has 0 amide bonds. The summed E-state index contributed by atoms with van der Waals surface area (Å²) in [6, 6.07) is 127. The van der Waals surface area contributed by atoms with Gasteiger partial charge in [0.1, 0.15) is 0 Å². The van der Waals surface area contributed by atoms with Gasteiger partial charge in [-0.15, -0.1) is 0 Å². The van der Waals surface area contributed by atoms with Gasteiger partial charge in [0, 0.05) is 0 Å². The van der Waals surface area contributed by atoms with Crippen molar-refractivity contribution < 1.29 is 0 Å². The van der Waals surface area contributed by atoms with Crippen LogP contribution in [0.5, 0.6) is 0 Å². The highest BCUT2D eigenvalue weighted by molar-refractivity contribution is 6.10. The summed E-state index contributed by atoms with van der Waals surface area (Å²) < 4.78 is 0. The summed E-state index contributed by atoms with van der Waals surface area (Å²) in [7, 11) is 0. The zero-order chi connectivity index (χ0) is 56.3. The molecule has 1 spiro atoms. The van der Waals surface area contributed by atoms with Crippen molar-refractivity contribution in [1.29, 1.82) is 0 Å². The lowest BCUT2D eigenvalue weighted by Crippen LogP contribution is -2.26. The van der Waals surface area contributed by atoms with E-state index in [4.69, 9.17) is 0 Å². The molecule has 0 atom stereocenters. The first-order valence-electron chi connectivity index (χ1n) is 29.6. The summed E-state index contributed by atoms with van der Waals surface area (Å²) in [6.45, 7) is 0. The Bertz CT molecular complexity index is 4490. The Kier molecular flexibility index (Phi) is 12.2. The molecule has 0 saturated carbocycles. The lowest BCUT2D eigenvalue weighted by atomic mass is 9.69. The van der Waals surface area contributed by atoms with Crippen LogP contribution in [0.3, 0.4) is 0 Å². The second-order valence-corrected chi connectivity index (χ2v) is 22.5. The fourth-order valence-corrected chi connectivity index (χ4v) is 14.4. The highest BCUT2D eigenvalue weighted by atomic mass is 14.5. The summed E-state index contributed by atoms with van der Waals surface area (Å²) in [4.78, 5) is 0. The molecule has 0 aliphatic heterocycles. The predicted octanol–water partition coefficient (Wildman–Crippen LogP) is 22.7. The van der Waals surface area contributed by atoms with E-state index in [-0.39, 0.29) is 0 Å². The Labute approximate surface area is 498 Å². The number of hydrogen-bond acceptors (Lipinski definition) is 0. The molecule has 0 fully saturated rings. The fraction of sp³-hybridized carbons (Fsp3) is 0.0118. The summed E-state index contributed by atoms with van der Waals surface area (Å²) in [5, 5.41) is 0. The Morgan fingerprint density at radius 3 is 0.647 bits per heavy atom. The second kappa shape index (κ2) is 20.8. The monoisotopic (exact) mass is 1080 g/mol. The molecule has 85 heavy (non-hydrogen) atoms. The third-order valence-corrected chi connectivity index (χ3v) is 17.9. The largest absolute Gasteiger partial charge is 0.0725 e. The van der Waals surface area contributed by atoms with Crippen molar-refractivity contribution in [1.82, 2.24) is 0 Å². The van der Waals surface area contributed by atoms with E-state index >= 15 is 0 Å². The summed E-state index contributed by atoms with van der Waals surface area (Å²) in [6.07, 6.45) is 0. The van der Waals surface area contributed by atoms with Crippen molar-refractivity contribution in [2.75, 3.05) is 0 Å². The maximum Gasteiger partial charge on any atom is 0.0725 e. The Morgan fingerprint density at radius 2 is 0.353 bits per heavy atom. The molecule has 396 valence electrons. The molecule has 14 aromatic rings. The van der Waals surface area contributed by atoms with Crippen LogP contribution < -0.4 is 0 Å². The zero-order valence-electron chi connectivity index (χ0n) is 46.8. The topological polar surface area (TPSA) is 0 Å². The standard InChI is InChI=1S/C85H56/c1-9-29-57(30-10-1)71-55-73(81(61-37-17-5-18-38-61)83(63-41-21-7-22-42-63)79(71)59-33-13-3-14-34-59)65-49-51-69-70-52-50-66(54-78(70)85(77(69)53-65)75-47-27-25-45-67(75)68-46-26-28-48-76(68)85)74-56-72(58-31-11-2-12-32-58)80(60-35-15-4-16-36-60)84(64-43-23-8-24-44-64)82(74)62-39-19-6-20-40-62/h1-56H. The third-order valence-electron chi connectivity index (χ3n) is 17.9. The van der Waals surface area contributed by atoms with Crippen LogP contribution >= 0.6 is 0 Å². The first-order chi connectivity index (χ1) is 42.2. The molecule has 0 unspecified atom stereocenters. The van der Waals surface area contributed by atoms with Gasteiger partial charge in [0.2, 0.25) is 0 Å². The van der Waals surface area contributed by atoms with Gasteiger partial charge in [-0.25, -0.2) is 0 Å². The van der Waals surface area contributed by atoms with Gasteiger partial charge in [0.05, 0.1) is 5.41 Å². The molecule has 0 heterocycles. The Balaban J connectivity index is 1.01. The van der Waals surface area contributed by atoms with Crippen LogP contribution in [-0.2, 0) is 5.41 Å². The smallest absolute Gasteiger partial charge is 0.0622 e. The van der Waals surface area contributed by atoms with Gasteiger partial charge in [0.25, 0.3) is 0 Å². The maximum atomic E-state index is 2.58. The molecule has 14 aromatic carbocycles. The molecule has 0 bridgehead atoms. The average molecular weight is 1080 g/mol. The summed E-state index contributed by atoms with van der Waals surface area (Å²) in [5.41, 5.74) is 33.4. The number of rotatable bonds is 10. The molecule has 0 aromatic heterocycles. The molecule has 2 aliphatic rings. The highest BCUT2D eigenvalue weighted by Crippen LogP contribution is 2.64. The van der Waals surface area contributed by atoms with Gasteiger partial charge in [0.15, 0.2) is 0 Å². The van der Waals surface area contributed by atoms with Gasteiger partial charge in [-0.3, -0.25) is 0 Å². The lowest BCUT2D eigenvalue weighted by molar-refractivity contribution is 0.794. The van der Waals surface area contributed by atoms with E-state index in [9.17, 15) is 0 Å². The van der Waals surface area contributed by atoms with E-state index in [1.165, 1.54) is 156 Å². The molecule has 0 heteroatoms. The SMILES string of the molecule is c1ccc(-c2cc(-c3ccc4c(c3)C3(c5ccccc5-c5ccccc53)c3cc(-c5cc(-c6ccccc6)c(-c6ccccc6)c(-c6ccccc6)c5-c5ccccc5)ccc3-4)c(-c3ccccc3)c(-c3ccccc3)c2-c2ccccc2)cc1. The fourth-order valence-electron chi connectivity index (χ4n) is 14.4. The predicted molar refractivity (Wildman–Crippen MR) is 357 cm³/mol. The molecule has 0 nitrogen and oxygen atoms in total. The van der Waals surface area contributed by atoms with E-state index in [1.807, 2.05) is 0 Å². The van der Waals surface area contributed by atoms with Gasteiger partial charge in [-0.2, -0.15) is 0 Å². The first-order valence-corrected chi connectivity index (χ1v) is 29.6. The van der Waals surface area contributed by atoms with Crippen LogP contribution in [0.1, 0.15) is 22.3 Å². The van der Waals surface area contributed by atoms with Gasteiger partial charge in [-0.1, -0.05) is 315 Å².